The van der Waals surface area contributed by atoms with Crippen LogP contribution >= 0.6 is 11.8 Å². The van der Waals surface area contributed by atoms with E-state index in [0.29, 0.717) is 21.0 Å². The van der Waals surface area contributed by atoms with Gasteiger partial charge in [-0.3, -0.25) is 14.9 Å². The minimum absolute atomic E-state index is 0.0482. The molecule has 0 saturated carbocycles. The Balaban J connectivity index is 1.97. The lowest BCUT2D eigenvalue weighted by Crippen LogP contribution is -2.13. The molecule has 8 nitrogen and oxygen atoms in total. The highest BCUT2D eigenvalue weighted by Gasteiger charge is 2.22. The number of aliphatic hydroxyl groups is 1. The van der Waals surface area contributed by atoms with E-state index in [1.807, 2.05) is 0 Å². The quantitative estimate of drug-likeness (QED) is 0.136. The molecule has 0 heterocycles. The number of carbonyl (C=O) groups is 1. The van der Waals surface area contributed by atoms with Gasteiger partial charge < -0.3 is 5.11 Å². The number of nitro groups is 1. The zero-order valence-electron chi connectivity index (χ0n) is 14.9. The molecule has 1 N–H and O–H groups in total. The summed E-state index contributed by atoms with van der Waals surface area (Å²) in [5.41, 5.74) is 9.65. The number of aliphatic hydroxyl groups excluding tert-OH is 1. The van der Waals surface area contributed by atoms with Gasteiger partial charge in [0.15, 0.2) is 5.78 Å². The summed E-state index contributed by atoms with van der Waals surface area (Å²) >= 11 is 1.18. The van der Waals surface area contributed by atoms with E-state index >= 15 is 0 Å². The number of nitrogens with zero attached hydrogens (tertiary/aromatic N) is 4. The van der Waals surface area contributed by atoms with Crippen molar-refractivity contribution < 1.29 is 14.8 Å². The van der Waals surface area contributed by atoms with E-state index in [9.17, 15) is 20.0 Å². The van der Waals surface area contributed by atoms with Crippen molar-refractivity contribution in [3.63, 3.8) is 0 Å². The molecular weight excluding hydrogens is 392 g/mol. The molecule has 0 aliphatic heterocycles. The highest BCUT2D eigenvalue weighted by molar-refractivity contribution is 7.99. The minimum Gasteiger partial charge on any atom is -0.380 e. The molecule has 0 saturated heterocycles. The molecule has 0 aliphatic carbocycles. The molecule has 9 heteroatoms. The van der Waals surface area contributed by atoms with Crippen LogP contribution in [0.1, 0.15) is 22.0 Å². The van der Waals surface area contributed by atoms with E-state index in [1.165, 1.54) is 42.1 Å². The van der Waals surface area contributed by atoms with Gasteiger partial charge in [0, 0.05) is 38.1 Å². The molecule has 0 spiro atoms. The normalized spacial score (nSPS) is 11.3. The smallest absolute Gasteiger partial charge is 0.269 e. The number of hydrogen-bond acceptors (Lipinski definition) is 6. The first-order chi connectivity index (χ1) is 14.0. The van der Waals surface area contributed by atoms with E-state index < -0.39 is 16.8 Å². The van der Waals surface area contributed by atoms with Crippen LogP contribution in [0.25, 0.3) is 10.4 Å². The maximum absolute atomic E-state index is 12.9. The topological polar surface area (TPSA) is 129 Å². The summed E-state index contributed by atoms with van der Waals surface area (Å²) in [6.45, 7) is 0. The van der Waals surface area contributed by atoms with Gasteiger partial charge in [0.05, 0.1) is 4.92 Å². The fraction of sp³-hybridized carbons (Fsp3) is 0.0500. The lowest BCUT2D eigenvalue weighted by Gasteiger charge is -2.14. The number of azide groups is 1. The maximum Gasteiger partial charge on any atom is 0.269 e. The number of carbonyl (C=O) groups excluding carboxylic acids is 1. The summed E-state index contributed by atoms with van der Waals surface area (Å²) in [5, 5.41) is 24.9. The van der Waals surface area contributed by atoms with Crippen LogP contribution in [-0.2, 0) is 0 Å². The van der Waals surface area contributed by atoms with Gasteiger partial charge in [0.25, 0.3) is 5.69 Å². The molecule has 0 bridgehead atoms. The van der Waals surface area contributed by atoms with Crippen LogP contribution in [0.3, 0.4) is 0 Å². The molecule has 1 unspecified atom stereocenters. The first-order valence-corrected chi connectivity index (χ1v) is 9.20. The van der Waals surface area contributed by atoms with E-state index in [1.54, 1.807) is 42.5 Å². The third-order valence-electron chi connectivity index (χ3n) is 4.03. The highest BCUT2D eigenvalue weighted by atomic mass is 32.2. The minimum atomic E-state index is -1.35. The van der Waals surface area contributed by atoms with Gasteiger partial charge in [-0.15, -0.1) is 0 Å². The average molecular weight is 406 g/mol. The number of rotatable bonds is 7. The first kappa shape index (κ1) is 20.1. The monoisotopic (exact) mass is 406 g/mol. The molecule has 29 heavy (non-hydrogen) atoms. The van der Waals surface area contributed by atoms with Crippen LogP contribution in [0.5, 0.6) is 0 Å². The van der Waals surface area contributed by atoms with Crippen molar-refractivity contribution in [1.29, 1.82) is 0 Å². The summed E-state index contributed by atoms with van der Waals surface area (Å²) in [7, 11) is 0. The number of benzene rings is 3. The van der Waals surface area contributed by atoms with Gasteiger partial charge in [-0.05, 0) is 35.4 Å². The van der Waals surface area contributed by atoms with Crippen LogP contribution in [0.15, 0.2) is 87.7 Å². The van der Waals surface area contributed by atoms with Gasteiger partial charge in [0.2, 0.25) is 0 Å². The molecule has 0 aromatic heterocycles. The third-order valence-corrected chi connectivity index (χ3v) is 5.10. The van der Waals surface area contributed by atoms with Crippen LogP contribution in [0.4, 0.5) is 11.4 Å². The van der Waals surface area contributed by atoms with Gasteiger partial charge in [0.1, 0.15) is 6.10 Å². The lowest BCUT2D eigenvalue weighted by molar-refractivity contribution is -0.384. The summed E-state index contributed by atoms with van der Waals surface area (Å²) in [6.07, 6.45) is -1.35. The number of Topliss-reactive ketones (excluding diaryl/α,β-unsaturated/α-hetero) is 1. The average Bonchev–Trinajstić information content (AvgIpc) is 2.74. The van der Waals surface area contributed by atoms with Gasteiger partial charge >= 0.3 is 0 Å². The second kappa shape index (κ2) is 9.03. The second-order valence-corrected chi connectivity index (χ2v) is 7.02. The molecule has 3 rings (SSSR count). The Bertz CT molecular complexity index is 1100. The van der Waals surface area contributed by atoms with E-state index in [2.05, 4.69) is 10.0 Å². The Morgan fingerprint density at radius 2 is 1.79 bits per heavy atom. The molecule has 0 radical (unpaired) electrons. The SMILES string of the molecule is [N-]=[N+]=Nc1ccc(C(=O)C(O)c2ccccc2)c(Sc2ccc([N+](=O)[O-])cc2)c1. The van der Waals surface area contributed by atoms with Crippen molar-refractivity contribution in [3.05, 3.63) is 104 Å². The first-order valence-electron chi connectivity index (χ1n) is 8.38. The standard InChI is InChI=1S/C20H14N4O4S/c21-23-22-14-6-11-17(20(26)19(25)13-4-2-1-3-5-13)18(12-14)29-16-9-7-15(8-10-16)24(27)28/h1-12,19,25H. The molecule has 0 amide bonds. The summed E-state index contributed by atoms with van der Waals surface area (Å²) < 4.78 is 0. The Morgan fingerprint density at radius 1 is 1.10 bits per heavy atom. The van der Waals surface area contributed by atoms with Crippen LogP contribution in [0.2, 0.25) is 0 Å². The zero-order chi connectivity index (χ0) is 20.8. The third kappa shape index (κ3) is 4.80. The maximum atomic E-state index is 12.9. The number of hydrogen-bond donors (Lipinski definition) is 1. The second-order valence-electron chi connectivity index (χ2n) is 5.90. The van der Waals surface area contributed by atoms with Crippen molar-refractivity contribution >= 4 is 28.9 Å². The zero-order valence-corrected chi connectivity index (χ0v) is 15.7. The summed E-state index contributed by atoms with van der Waals surface area (Å²) in [5.74, 6) is -0.506. The van der Waals surface area contributed by atoms with E-state index in [4.69, 9.17) is 5.53 Å². The Kier molecular flexibility index (Phi) is 6.25. The molecule has 0 aliphatic rings. The predicted octanol–water partition coefficient (Wildman–Crippen LogP) is 5.60. The van der Waals surface area contributed by atoms with Gasteiger partial charge in [-0.2, -0.15) is 0 Å². The molecule has 3 aromatic carbocycles. The molecule has 3 aromatic rings. The Hall–Kier alpha value is -3.65. The van der Waals surface area contributed by atoms with Crippen molar-refractivity contribution in [2.45, 2.75) is 15.9 Å². The summed E-state index contributed by atoms with van der Waals surface area (Å²) in [4.78, 5) is 27.1. The van der Waals surface area contributed by atoms with Crippen molar-refractivity contribution in [1.82, 2.24) is 0 Å². The van der Waals surface area contributed by atoms with Crippen LogP contribution in [-0.4, -0.2) is 15.8 Å². The molecule has 144 valence electrons. The van der Waals surface area contributed by atoms with Crippen molar-refractivity contribution in [2.24, 2.45) is 5.11 Å². The van der Waals surface area contributed by atoms with Crippen molar-refractivity contribution in [2.75, 3.05) is 0 Å². The van der Waals surface area contributed by atoms with Crippen molar-refractivity contribution in [3.8, 4) is 0 Å². The Morgan fingerprint density at radius 3 is 2.41 bits per heavy atom. The highest BCUT2D eigenvalue weighted by Crippen LogP contribution is 2.36. The molecular formula is C20H14N4O4S. The fourth-order valence-corrected chi connectivity index (χ4v) is 3.59. The van der Waals surface area contributed by atoms with E-state index in [-0.39, 0.29) is 11.3 Å². The number of ketones is 1. The molecule has 1 atom stereocenters. The fourth-order valence-electron chi connectivity index (χ4n) is 2.61. The van der Waals surface area contributed by atoms with Gasteiger partial charge in [-0.1, -0.05) is 53.3 Å². The van der Waals surface area contributed by atoms with E-state index in [0.717, 1.165) is 0 Å². The largest absolute Gasteiger partial charge is 0.380 e. The van der Waals surface area contributed by atoms with Gasteiger partial charge in [-0.25, -0.2) is 0 Å². The number of nitro benzene ring substituents is 1. The number of non-ortho nitro benzene ring substituents is 1. The lowest BCUT2D eigenvalue weighted by atomic mass is 10.00. The molecule has 0 fully saturated rings. The predicted molar refractivity (Wildman–Crippen MR) is 108 cm³/mol. The summed E-state index contributed by atoms with van der Waals surface area (Å²) in [6, 6.07) is 18.9. The van der Waals surface area contributed by atoms with Crippen LogP contribution in [0, 0.1) is 10.1 Å². The Labute approximate surface area is 169 Å². The van der Waals surface area contributed by atoms with Crippen LogP contribution < -0.4 is 0 Å².